The van der Waals surface area contributed by atoms with Crippen LogP contribution in [0.25, 0.3) is 0 Å². The SMILES string of the molecule is NC(=O)C1CN(c2ccc(Nc3ncnc(Cl)n3)cc2)CCO1. The molecule has 8 nitrogen and oxygen atoms in total. The second kappa shape index (κ2) is 6.76. The highest BCUT2D eigenvalue weighted by molar-refractivity contribution is 6.28. The van der Waals surface area contributed by atoms with E-state index in [4.69, 9.17) is 22.1 Å². The van der Waals surface area contributed by atoms with Crippen molar-refractivity contribution in [3.8, 4) is 0 Å². The molecule has 1 saturated heterocycles. The van der Waals surface area contributed by atoms with E-state index < -0.39 is 12.0 Å². The van der Waals surface area contributed by atoms with Crippen LogP contribution >= 0.6 is 11.6 Å². The van der Waals surface area contributed by atoms with E-state index in [0.29, 0.717) is 25.6 Å². The number of benzene rings is 1. The molecule has 1 aliphatic heterocycles. The van der Waals surface area contributed by atoms with E-state index >= 15 is 0 Å². The fraction of sp³-hybridized carbons (Fsp3) is 0.286. The normalized spacial score (nSPS) is 17.8. The Hall–Kier alpha value is -2.45. The van der Waals surface area contributed by atoms with Crippen LogP contribution in [0.5, 0.6) is 0 Å². The number of halogens is 1. The fourth-order valence-corrected chi connectivity index (χ4v) is 2.40. The van der Waals surface area contributed by atoms with Crippen LogP contribution < -0.4 is 16.0 Å². The van der Waals surface area contributed by atoms with Crippen LogP contribution in [0.3, 0.4) is 0 Å². The Morgan fingerprint density at radius 1 is 1.35 bits per heavy atom. The summed E-state index contributed by atoms with van der Waals surface area (Å²) in [5, 5.41) is 3.17. The molecule has 0 saturated carbocycles. The minimum Gasteiger partial charge on any atom is -0.367 e. The quantitative estimate of drug-likeness (QED) is 0.857. The zero-order valence-corrected chi connectivity index (χ0v) is 12.9. The molecule has 1 fully saturated rings. The zero-order chi connectivity index (χ0) is 16.2. The summed E-state index contributed by atoms with van der Waals surface area (Å²) in [6.07, 6.45) is 0.762. The summed E-state index contributed by atoms with van der Waals surface area (Å²) in [4.78, 5) is 25.0. The summed E-state index contributed by atoms with van der Waals surface area (Å²) < 4.78 is 5.34. The van der Waals surface area contributed by atoms with Gasteiger partial charge >= 0.3 is 0 Å². The Bertz CT molecular complexity index is 696. The molecule has 1 amide bonds. The summed E-state index contributed by atoms with van der Waals surface area (Å²) in [7, 11) is 0. The number of carbonyl (C=O) groups excluding carboxylic acids is 1. The molecule has 1 aliphatic rings. The Kier molecular flexibility index (Phi) is 4.54. The van der Waals surface area contributed by atoms with Gasteiger partial charge in [0.05, 0.1) is 13.2 Å². The molecule has 1 aromatic carbocycles. The molecule has 120 valence electrons. The van der Waals surface area contributed by atoms with Gasteiger partial charge in [-0.25, -0.2) is 9.97 Å². The van der Waals surface area contributed by atoms with Crippen molar-refractivity contribution in [2.45, 2.75) is 6.10 Å². The summed E-state index contributed by atoms with van der Waals surface area (Å²) in [5.41, 5.74) is 7.10. The number of aromatic nitrogens is 3. The first-order valence-corrected chi connectivity index (χ1v) is 7.37. The number of nitrogens with two attached hydrogens (primary N) is 1. The maximum absolute atomic E-state index is 11.2. The van der Waals surface area contributed by atoms with Crippen LogP contribution in [-0.2, 0) is 9.53 Å². The van der Waals surface area contributed by atoms with Crippen molar-refractivity contribution in [3.63, 3.8) is 0 Å². The van der Waals surface area contributed by atoms with Crippen LogP contribution in [-0.4, -0.2) is 46.7 Å². The second-order valence-electron chi connectivity index (χ2n) is 4.96. The molecule has 3 rings (SSSR count). The van der Waals surface area contributed by atoms with Gasteiger partial charge < -0.3 is 20.7 Å². The monoisotopic (exact) mass is 334 g/mol. The van der Waals surface area contributed by atoms with Crippen LogP contribution in [0.1, 0.15) is 0 Å². The smallest absolute Gasteiger partial charge is 0.248 e. The van der Waals surface area contributed by atoms with Crippen LogP contribution in [0, 0.1) is 0 Å². The maximum Gasteiger partial charge on any atom is 0.248 e. The van der Waals surface area contributed by atoms with Crippen LogP contribution in [0.15, 0.2) is 30.6 Å². The van der Waals surface area contributed by atoms with Gasteiger partial charge in [-0.15, -0.1) is 0 Å². The van der Waals surface area contributed by atoms with Crippen molar-refractivity contribution in [3.05, 3.63) is 35.9 Å². The average Bonchev–Trinajstić information content (AvgIpc) is 2.56. The molecule has 0 radical (unpaired) electrons. The molecule has 0 bridgehead atoms. The van der Waals surface area contributed by atoms with Crippen molar-refractivity contribution in [2.24, 2.45) is 5.73 Å². The summed E-state index contributed by atoms with van der Waals surface area (Å²) in [6, 6.07) is 7.66. The zero-order valence-electron chi connectivity index (χ0n) is 12.1. The first-order chi connectivity index (χ1) is 11.1. The maximum atomic E-state index is 11.2. The first kappa shape index (κ1) is 15.4. The number of nitrogens with zero attached hydrogens (tertiary/aromatic N) is 4. The minimum absolute atomic E-state index is 0.130. The number of morpholine rings is 1. The van der Waals surface area contributed by atoms with Crippen LogP contribution in [0.2, 0.25) is 5.28 Å². The van der Waals surface area contributed by atoms with Gasteiger partial charge in [0.2, 0.25) is 17.1 Å². The van der Waals surface area contributed by atoms with E-state index in [0.717, 1.165) is 11.4 Å². The molecule has 2 heterocycles. The molecule has 0 aliphatic carbocycles. The second-order valence-corrected chi connectivity index (χ2v) is 5.30. The molecule has 3 N–H and O–H groups in total. The van der Waals surface area contributed by atoms with Gasteiger partial charge in [0.1, 0.15) is 6.33 Å². The Morgan fingerprint density at radius 2 is 2.13 bits per heavy atom. The lowest BCUT2D eigenvalue weighted by Gasteiger charge is -2.33. The lowest BCUT2D eigenvalue weighted by molar-refractivity contribution is -0.130. The molecule has 23 heavy (non-hydrogen) atoms. The fourth-order valence-electron chi connectivity index (χ4n) is 2.28. The molecular weight excluding hydrogens is 320 g/mol. The number of nitrogens with one attached hydrogen (secondary N) is 1. The van der Waals surface area contributed by atoms with Gasteiger partial charge in [0, 0.05) is 17.9 Å². The molecule has 2 aromatic rings. The standard InChI is InChI=1S/C14H15ClN6O2/c15-13-17-8-18-14(20-13)19-9-1-3-10(4-2-9)21-5-6-23-11(7-21)12(16)22/h1-4,8,11H,5-7H2,(H2,16,22)(H,17,18,19,20). The van der Waals surface area contributed by atoms with E-state index in [-0.39, 0.29) is 5.28 Å². The van der Waals surface area contributed by atoms with Crippen LogP contribution in [0.4, 0.5) is 17.3 Å². The highest BCUT2D eigenvalue weighted by Crippen LogP contribution is 2.21. The molecule has 1 atom stereocenters. The number of hydrogen-bond donors (Lipinski definition) is 2. The van der Waals surface area contributed by atoms with Gasteiger partial charge in [-0.2, -0.15) is 4.98 Å². The van der Waals surface area contributed by atoms with Gasteiger partial charge in [-0.3, -0.25) is 4.79 Å². The Balaban J connectivity index is 1.68. The van der Waals surface area contributed by atoms with E-state index in [2.05, 4.69) is 25.2 Å². The predicted molar refractivity (Wildman–Crippen MR) is 85.7 cm³/mol. The average molecular weight is 335 g/mol. The van der Waals surface area contributed by atoms with Crippen molar-refractivity contribution in [1.29, 1.82) is 0 Å². The molecule has 9 heteroatoms. The topological polar surface area (TPSA) is 106 Å². The third kappa shape index (κ3) is 3.85. The summed E-state index contributed by atoms with van der Waals surface area (Å²) >= 11 is 5.72. The number of carbonyl (C=O) groups is 1. The molecular formula is C14H15ClN6O2. The van der Waals surface area contributed by atoms with Gasteiger partial charge in [0.15, 0.2) is 6.10 Å². The first-order valence-electron chi connectivity index (χ1n) is 6.99. The van der Waals surface area contributed by atoms with Gasteiger partial charge in [0.25, 0.3) is 0 Å². The lowest BCUT2D eigenvalue weighted by atomic mass is 10.2. The highest BCUT2D eigenvalue weighted by Gasteiger charge is 2.24. The molecule has 0 spiro atoms. The highest BCUT2D eigenvalue weighted by atomic mass is 35.5. The number of primary amides is 1. The summed E-state index contributed by atoms with van der Waals surface area (Å²) in [6.45, 7) is 1.63. The Morgan fingerprint density at radius 3 is 2.83 bits per heavy atom. The predicted octanol–water partition coefficient (Wildman–Crippen LogP) is 0.959. The van der Waals surface area contributed by atoms with E-state index in [1.807, 2.05) is 24.3 Å². The van der Waals surface area contributed by atoms with Crippen molar-refractivity contribution in [2.75, 3.05) is 29.9 Å². The van der Waals surface area contributed by atoms with Crippen molar-refractivity contribution < 1.29 is 9.53 Å². The molecule has 1 aromatic heterocycles. The largest absolute Gasteiger partial charge is 0.367 e. The van der Waals surface area contributed by atoms with E-state index in [1.165, 1.54) is 6.33 Å². The lowest BCUT2D eigenvalue weighted by Crippen LogP contribution is -2.48. The van der Waals surface area contributed by atoms with Crippen molar-refractivity contribution >= 4 is 34.8 Å². The minimum atomic E-state index is -0.575. The third-order valence-corrected chi connectivity index (χ3v) is 3.60. The number of amides is 1. The Labute approximate surface area is 137 Å². The third-order valence-electron chi connectivity index (χ3n) is 3.41. The van der Waals surface area contributed by atoms with E-state index in [9.17, 15) is 4.79 Å². The van der Waals surface area contributed by atoms with Gasteiger partial charge in [-0.05, 0) is 35.9 Å². The number of rotatable bonds is 4. The van der Waals surface area contributed by atoms with E-state index in [1.54, 1.807) is 0 Å². The molecule has 1 unspecified atom stereocenters. The van der Waals surface area contributed by atoms with Crippen molar-refractivity contribution in [1.82, 2.24) is 15.0 Å². The summed E-state index contributed by atoms with van der Waals surface area (Å²) in [5.74, 6) is -0.0717. The number of ether oxygens (including phenoxy) is 1. The van der Waals surface area contributed by atoms with Gasteiger partial charge in [-0.1, -0.05) is 0 Å². The number of anilines is 3. The number of hydrogen-bond acceptors (Lipinski definition) is 7.